The number of nitrogens with zero attached hydrogens (tertiary/aromatic N) is 1. The number of aromatic nitrogens is 2. The van der Waals surface area contributed by atoms with Gasteiger partial charge in [0.25, 0.3) is 11.5 Å². The second kappa shape index (κ2) is 24.1. The first-order valence-corrected chi connectivity index (χ1v) is 20.9. The van der Waals surface area contributed by atoms with E-state index in [1.54, 1.807) is 0 Å². The zero-order valence-electron chi connectivity index (χ0n) is 33.8. The Labute approximate surface area is 338 Å². The van der Waals surface area contributed by atoms with Gasteiger partial charge in [0.2, 0.25) is 18.1 Å². The summed E-state index contributed by atoms with van der Waals surface area (Å²) in [4.78, 5) is 78.7. The van der Waals surface area contributed by atoms with Crippen LogP contribution in [0.5, 0.6) is 0 Å². The normalized spacial score (nSPS) is 26.5. The maximum absolute atomic E-state index is 13.2. The van der Waals surface area contributed by atoms with Crippen LogP contribution in [0, 0.1) is 0 Å². The molecule has 326 valence electrons. The Bertz CT molecular complexity index is 1630. The number of rotatable bonds is 24. The number of aliphatic hydroxyl groups is 2. The van der Waals surface area contributed by atoms with Crippen LogP contribution in [0.3, 0.4) is 0 Å². The Morgan fingerprint density at radius 3 is 2.19 bits per heavy atom. The van der Waals surface area contributed by atoms with Gasteiger partial charge in [-0.05, 0) is 31.8 Å². The summed E-state index contributed by atoms with van der Waals surface area (Å²) in [6.07, 6.45) is 7.04. The van der Waals surface area contributed by atoms with Gasteiger partial charge in [-0.25, -0.2) is 4.79 Å². The first-order chi connectivity index (χ1) is 27.9. The fraction of sp³-hybridized carbons (Fsp3) is 0.750. The van der Waals surface area contributed by atoms with E-state index in [0.29, 0.717) is 25.8 Å². The Balaban J connectivity index is 1.38. The number of ether oxygens (including phenoxy) is 5. The van der Waals surface area contributed by atoms with Gasteiger partial charge in [-0.1, -0.05) is 90.4 Å². The molecule has 3 amide bonds. The first-order valence-electron chi connectivity index (χ1n) is 20.9. The van der Waals surface area contributed by atoms with Gasteiger partial charge in [-0.3, -0.25) is 33.5 Å². The molecule has 58 heavy (non-hydrogen) atoms. The molecule has 1 aromatic heterocycles. The number of carbonyl (C=O) groups excluding carboxylic acids is 4. The SMILES string of the molecule is CCCCCCCCCCCCCCCCC(=O)O[C@@H]1[C@H](OC)[C@@H]([C@@H](O[C@H]2OC(C(=O)N[C@H]3CCCCNC3=O)=C[C@H](O)[C@@H]2O)C(N)=O)O[C@H]1n1ccc(=O)[nH]c1=O. The third-order valence-corrected chi connectivity index (χ3v) is 10.7. The van der Waals surface area contributed by atoms with Crippen LogP contribution in [0.4, 0.5) is 0 Å². The molecule has 4 rings (SSSR count). The molecule has 18 heteroatoms. The molecule has 0 aliphatic carbocycles. The minimum absolute atomic E-state index is 0.0539. The van der Waals surface area contributed by atoms with Gasteiger partial charge in [-0.2, -0.15) is 0 Å². The van der Waals surface area contributed by atoms with Gasteiger partial charge < -0.3 is 50.3 Å². The summed E-state index contributed by atoms with van der Waals surface area (Å²) in [5, 5.41) is 26.7. The van der Waals surface area contributed by atoms with Gasteiger partial charge in [0.05, 0.1) is 0 Å². The summed E-state index contributed by atoms with van der Waals surface area (Å²) >= 11 is 0. The average molecular weight is 822 g/mol. The number of nitrogens with one attached hydrogen (secondary N) is 3. The number of carbonyl (C=O) groups is 4. The highest BCUT2D eigenvalue weighted by Gasteiger charge is 2.54. The zero-order chi connectivity index (χ0) is 42.0. The largest absolute Gasteiger partial charge is 0.456 e. The molecule has 0 aromatic carbocycles. The molecule has 0 radical (unpaired) electrons. The molecule has 0 saturated carbocycles. The van der Waals surface area contributed by atoms with Crippen LogP contribution >= 0.6 is 0 Å². The number of H-pyrrole nitrogens is 1. The highest BCUT2D eigenvalue weighted by atomic mass is 16.7. The standard InChI is InChI=1S/C40H63N5O13/c1-3-4-5-6-7-8-9-10-11-12-13-14-15-16-20-29(48)56-34-31(54-2)32(57-38(34)45-23-21-28(47)44-40(45)53)33(35(41)50)58-39-30(49)26(46)24-27(55-39)37(52)43-25-19-17-18-22-42-36(25)51/h21,23-26,30-34,38-39,46,49H,3-20,22H2,1-2H3,(H2,41,50)(H,42,51)(H,43,52)(H,44,47,53)/t25-,26-,30-,31+,32-,33+,34+,38+,39+/m0/s1. The maximum atomic E-state index is 13.2. The number of methoxy groups -OCH3 is 1. The van der Waals surface area contributed by atoms with Crippen molar-refractivity contribution in [1.29, 1.82) is 0 Å². The van der Waals surface area contributed by atoms with Gasteiger partial charge in [0.15, 0.2) is 24.2 Å². The van der Waals surface area contributed by atoms with E-state index in [0.717, 1.165) is 55.0 Å². The molecule has 1 aromatic rings. The smallest absolute Gasteiger partial charge is 0.330 e. The lowest BCUT2D eigenvalue weighted by Crippen LogP contribution is -2.54. The van der Waals surface area contributed by atoms with Crippen molar-refractivity contribution in [3.8, 4) is 0 Å². The van der Waals surface area contributed by atoms with Crippen molar-refractivity contribution >= 4 is 23.7 Å². The highest BCUT2D eigenvalue weighted by molar-refractivity contribution is 5.95. The molecule has 0 bridgehead atoms. The monoisotopic (exact) mass is 821 g/mol. The van der Waals surface area contributed by atoms with Gasteiger partial charge in [0.1, 0.15) is 30.5 Å². The Hall–Kier alpha value is -4.10. The maximum Gasteiger partial charge on any atom is 0.330 e. The van der Waals surface area contributed by atoms with Crippen LogP contribution in [-0.2, 0) is 42.9 Å². The van der Waals surface area contributed by atoms with Crippen LogP contribution in [0.2, 0.25) is 0 Å². The fourth-order valence-corrected chi connectivity index (χ4v) is 7.47. The summed E-state index contributed by atoms with van der Waals surface area (Å²) in [5.41, 5.74) is 4.16. The van der Waals surface area contributed by atoms with Crippen LogP contribution in [0.1, 0.15) is 129 Å². The summed E-state index contributed by atoms with van der Waals surface area (Å²) in [7, 11) is 1.25. The molecule has 7 N–H and O–H groups in total. The van der Waals surface area contributed by atoms with E-state index in [1.165, 1.54) is 64.9 Å². The Morgan fingerprint density at radius 1 is 0.948 bits per heavy atom. The first kappa shape index (κ1) is 46.6. The summed E-state index contributed by atoms with van der Waals surface area (Å²) in [5.74, 6) is -3.54. The van der Waals surface area contributed by atoms with Crippen molar-refractivity contribution < 1.29 is 53.1 Å². The predicted octanol–water partition coefficient (Wildman–Crippen LogP) is 1.85. The van der Waals surface area contributed by atoms with Crippen molar-refractivity contribution in [3.05, 3.63) is 44.9 Å². The van der Waals surface area contributed by atoms with Crippen LogP contribution in [-0.4, -0.2) is 106 Å². The van der Waals surface area contributed by atoms with Crippen LogP contribution in [0.15, 0.2) is 33.7 Å². The van der Waals surface area contributed by atoms with Crippen LogP contribution < -0.4 is 27.6 Å². The second-order valence-corrected chi connectivity index (χ2v) is 15.3. The zero-order valence-corrected chi connectivity index (χ0v) is 33.8. The second-order valence-electron chi connectivity index (χ2n) is 15.3. The molecule has 2 fully saturated rings. The summed E-state index contributed by atoms with van der Waals surface area (Å²) < 4.78 is 30.0. The molecular weight excluding hydrogens is 758 g/mol. The number of primary amides is 1. The topological polar surface area (TPSA) is 260 Å². The highest BCUT2D eigenvalue weighted by Crippen LogP contribution is 2.36. The van der Waals surface area contributed by atoms with E-state index in [-0.39, 0.29) is 12.3 Å². The number of hydrogen-bond acceptors (Lipinski definition) is 13. The van der Waals surface area contributed by atoms with Crippen molar-refractivity contribution in [2.75, 3.05) is 13.7 Å². The molecule has 3 aliphatic heterocycles. The number of aromatic amines is 1. The van der Waals surface area contributed by atoms with E-state index in [1.807, 2.05) is 0 Å². The lowest BCUT2D eigenvalue weighted by atomic mass is 10.0. The van der Waals surface area contributed by atoms with Gasteiger partial charge in [0, 0.05) is 32.3 Å². The molecular formula is C40H63N5O13. The van der Waals surface area contributed by atoms with Gasteiger partial charge >= 0.3 is 11.7 Å². The van der Waals surface area contributed by atoms with Gasteiger partial charge in [-0.15, -0.1) is 0 Å². The Morgan fingerprint density at radius 2 is 1.59 bits per heavy atom. The molecule has 0 spiro atoms. The van der Waals surface area contributed by atoms with Crippen molar-refractivity contribution in [1.82, 2.24) is 20.2 Å². The minimum atomic E-state index is -1.88. The third kappa shape index (κ3) is 13.7. The Kier molecular flexibility index (Phi) is 19.4. The van der Waals surface area contributed by atoms with E-state index >= 15 is 0 Å². The molecule has 18 nitrogen and oxygen atoms in total. The molecule has 0 unspecified atom stereocenters. The van der Waals surface area contributed by atoms with Crippen molar-refractivity contribution in [2.45, 2.75) is 178 Å². The van der Waals surface area contributed by atoms with Crippen molar-refractivity contribution in [3.63, 3.8) is 0 Å². The lowest BCUT2D eigenvalue weighted by molar-refractivity contribution is -0.241. The summed E-state index contributed by atoms with van der Waals surface area (Å²) in [6, 6.07) is 0.179. The predicted molar refractivity (Wildman–Crippen MR) is 209 cm³/mol. The molecule has 2 saturated heterocycles. The lowest BCUT2D eigenvalue weighted by Gasteiger charge is -2.35. The van der Waals surface area contributed by atoms with Crippen molar-refractivity contribution in [2.24, 2.45) is 5.73 Å². The van der Waals surface area contributed by atoms with E-state index in [2.05, 4.69) is 22.5 Å². The minimum Gasteiger partial charge on any atom is -0.456 e. The molecule has 3 aliphatic rings. The van der Waals surface area contributed by atoms with E-state index in [9.17, 15) is 39.0 Å². The number of nitrogens with two attached hydrogens (primary N) is 1. The number of unbranched alkanes of at least 4 members (excludes halogenated alkanes) is 13. The van der Waals surface area contributed by atoms with E-state index < -0.39 is 90.0 Å². The average Bonchev–Trinajstić information content (AvgIpc) is 3.40. The quantitative estimate of drug-likeness (QED) is 0.0644. The summed E-state index contributed by atoms with van der Waals surface area (Å²) in [6.45, 7) is 2.68. The molecule has 9 atom stereocenters. The number of aliphatic hydroxyl groups excluding tert-OH is 2. The third-order valence-electron chi connectivity index (χ3n) is 10.7. The number of esters is 1. The fourth-order valence-electron chi connectivity index (χ4n) is 7.47. The number of hydrogen-bond donors (Lipinski definition) is 6. The van der Waals surface area contributed by atoms with Crippen LogP contribution in [0.25, 0.3) is 0 Å². The number of amides is 3. The van der Waals surface area contributed by atoms with E-state index in [4.69, 9.17) is 29.4 Å². The molecule has 4 heterocycles.